The Morgan fingerprint density at radius 3 is 2.33 bits per heavy atom. The Labute approximate surface area is 93.1 Å². The van der Waals surface area contributed by atoms with Crippen molar-refractivity contribution in [1.29, 1.82) is 0 Å². The Morgan fingerprint density at radius 1 is 1.00 bits per heavy atom. The zero-order valence-electron chi connectivity index (χ0n) is 10.2. The molecule has 0 aromatic carbocycles. The van der Waals surface area contributed by atoms with E-state index >= 15 is 0 Å². The van der Waals surface area contributed by atoms with Crippen molar-refractivity contribution >= 4 is 0 Å². The summed E-state index contributed by atoms with van der Waals surface area (Å²) in [5, 5.41) is 0. The summed E-state index contributed by atoms with van der Waals surface area (Å²) in [4.78, 5) is 0. The molecule has 0 radical (unpaired) electrons. The SMILES string of the molecule is CC1=C(C)[C@H](C)C2CC3CCC4CC1C432. The van der Waals surface area contributed by atoms with Crippen molar-refractivity contribution in [3.8, 4) is 0 Å². The van der Waals surface area contributed by atoms with E-state index in [0.717, 1.165) is 35.0 Å². The topological polar surface area (TPSA) is 0 Å². The molecule has 0 aromatic rings. The van der Waals surface area contributed by atoms with E-state index in [1.54, 1.807) is 36.8 Å². The van der Waals surface area contributed by atoms with Crippen molar-refractivity contribution in [3.63, 3.8) is 0 Å². The smallest absolute Gasteiger partial charge is 0.0136 e. The molecule has 6 atom stereocenters. The van der Waals surface area contributed by atoms with Crippen LogP contribution < -0.4 is 0 Å². The van der Waals surface area contributed by atoms with Crippen LogP contribution in [0.25, 0.3) is 0 Å². The van der Waals surface area contributed by atoms with Gasteiger partial charge in [0.05, 0.1) is 0 Å². The van der Waals surface area contributed by atoms with E-state index < -0.39 is 0 Å². The van der Waals surface area contributed by atoms with Gasteiger partial charge in [0.15, 0.2) is 0 Å². The largest absolute Gasteiger partial charge is 0.0710 e. The van der Waals surface area contributed by atoms with E-state index in [-0.39, 0.29) is 0 Å². The van der Waals surface area contributed by atoms with E-state index in [0.29, 0.717) is 0 Å². The highest BCUT2D eigenvalue weighted by atomic mass is 14.8. The first-order chi connectivity index (χ1) is 7.17. The summed E-state index contributed by atoms with van der Waals surface area (Å²) in [5.74, 6) is 5.27. The molecule has 4 aliphatic carbocycles. The van der Waals surface area contributed by atoms with Gasteiger partial charge < -0.3 is 0 Å². The zero-order chi connectivity index (χ0) is 10.4. The van der Waals surface area contributed by atoms with Crippen LogP contribution in [0.4, 0.5) is 0 Å². The van der Waals surface area contributed by atoms with Crippen LogP contribution in [-0.4, -0.2) is 0 Å². The van der Waals surface area contributed by atoms with Crippen LogP contribution in [0.1, 0.15) is 46.5 Å². The molecule has 15 heavy (non-hydrogen) atoms. The van der Waals surface area contributed by atoms with E-state index in [9.17, 15) is 0 Å². The minimum atomic E-state index is 0.850. The minimum Gasteiger partial charge on any atom is -0.0710 e. The number of hydrogen-bond donors (Lipinski definition) is 0. The Morgan fingerprint density at radius 2 is 1.67 bits per heavy atom. The molecule has 4 aliphatic rings. The van der Waals surface area contributed by atoms with Crippen LogP contribution in [-0.2, 0) is 0 Å². The third kappa shape index (κ3) is 0.681. The van der Waals surface area contributed by atoms with Gasteiger partial charge in [0.2, 0.25) is 0 Å². The van der Waals surface area contributed by atoms with Gasteiger partial charge in [-0.25, -0.2) is 0 Å². The maximum absolute atomic E-state index is 2.50. The quantitative estimate of drug-likeness (QED) is 0.520. The van der Waals surface area contributed by atoms with Crippen LogP contribution in [0.2, 0.25) is 0 Å². The lowest BCUT2D eigenvalue weighted by Crippen LogP contribution is -2.65. The molecule has 3 fully saturated rings. The van der Waals surface area contributed by atoms with Crippen molar-refractivity contribution in [3.05, 3.63) is 11.1 Å². The van der Waals surface area contributed by atoms with E-state index in [2.05, 4.69) is 20.8 Å². The van der Waals surface area contributed by atoms with Gasteiger partial charge in [-0.05, 0) is 74.5 Å². The van der Waals surface area contributed by atoms with Crippen LogP contribution in [0.3, 0.4) is 0 Å². The molecule has 0 aromatic heterocycles. The molecule has 1 spiro atoms. The molecule has 0 heterocycles. The molecule has 0 nitrogen and oxygen atoms in total. The Kier molecular flexibility index (Phi) is 1.39. The first-order valence-electron chi connectivity index (χ1n) is 6.84. The molecular weight excluding hydrogens is 180 g/mol. The average molecular weight is 202 g/mol. The normalized spacial score (nSPS) is 60.6. The van der Waals surface area contributed by atoms with Crippen LogP contribution in [0, 0.1) is 35.0 Å². The van der Waals surface area contributed by atoms with Crippen LogP contribution in [0.5, 0.6) is 0 Å². The molecule has 0 amide bonds. The predicted octanol–water partition coefficient (Wildman–Crippen LogP) is 4.02. The van der Waals surface area contributed by atoms with Gasteiger partial charge in [0, 0.05) is 0 Å². The van der Waals surface area contributed by atoms with Crippen LogP contribution in [0.15, 0.2) is 11.1 Å². The number of rotatable bonds is 0. The predicted molar refractivity (Wildman–Crippen MR) is 62.4 cm³/mol. The van der Waals surface area contributed by atoms with Crippen molar-refractivity contribution < 1.29 is 0 Å². The van der Waals surface area contributed by atoms with Gasteiger partial charge >= 0.3 is 0 Å². The summed E-state index contributed by atoms with van der Waals surface area (Å²) < 4.78 is 0. The molecule has 5 unspecified atom stereocenters. The third-order valence-electron chi connectivity index (χ3n) is 7.01. The van der Waals surface area contributed by atoms with Crippen molar-refractivity contribution in [1.82, 2.24) is 0 Å². The molecule has 0 aliphatic heterocycles. The van der Waals surface area contributed by atoms with E-state index in [1.165, 1.54) is 0 Å². The van der Waals surface area contributed by atoms with Crippen molar-refractivity contribution in [2.75, 3.05) is 0 Å². The summed E-state index contributed by atoms with van der Waals surface area (Å²) in [7, 11) is 0. The molecule has 3 saturated carbocycles. The molecule has 4 rings (SSSR count). The molecule has 0 heteroatoms. The third-order valence-corrected chi connectivity index (χ3v) is 7.01. The summed E-state index contributed by atoms with van der Waals surface area (Å²) in [6.45, 7) is 7.34. The highest BCUT2D eigenvalue weighted by molar-refractivity contribution is 5.35. The maximum Gasteiger partial charge on any atom is -0.0136 e. The fourth-order valence-electron chi connectivity index (χ4n) is 6.12. The second-order valence-electron chi connectivity index (χ2n) is 6.76. The second kappa shape index (κ2) is 2.36. The lowest BCUT2D eigenvalue weighted by molar-refractivity contribution is -0.194. The summed E-state index contributed by atoms with van der Waals surface area (Å²) in [6.07, 6.45) is 6.25. The summed E-state index contributed by atoms with van der Waals surface area (Å²) >= 11 is 0. The Bertz CT molecular complexity index is 356. The minimum absolute atomic E-state index is 0.850. The van der Waals surface area contributed by atoms with Gasteiger partial charge in [0.25, 0.3) is 0 Å². The standard InChI is InChI=1S/C15H22/c1-8-9(2)13-6-11-4-5-12-7-14(10(8)3)15(11,12)13/h9,11-14H,4-7H2,1-3H3/t9-,11?,12?,13?,14?,15?/m0/s1. The first-order valence-corrected chi connectivity index (χ1v) is 6.84. The fraction of sp³-hybridized carbons (Fsp3) is 0.867. The van der Waals surface area contributed by atoms with Gasteiger partial charge in [-0.15, -0.1) is 0 Å². The van der Waals surface area contributed by atoms with Crippen LogP contribution >= 0.6 is 0 Å². The second-order valence-corrected chi connectivity index (χ2v) is 6.76. The molecule has 0 bridgehead atoms. The monoisotopic (exact) mass is 202 g/mol. The van der Waals surface area contributed by atoms with Crippen molar-refractivity contribution in [2.24, 2.45) is 35.0 Å². The molecule has 82 valence electrons. The molecule has 0 saturated heterocycles. The summed E-state index contributed by atoms with van der Waals surface area (Å²) in [6, 6.07) is 0. The lowest BCUT2D eigenvalue weighted by atomic mass is 9.33. The lowest BCUT2D eigenvalue weighted by Gasteiger charge is -2.71. The maximum atomic E-state index is 2.50. The van der Waals surface area contributed by atoms with Gasteiger partial charge in [0.1, 0.15) is 0 Å². The molecular formula is C15H22. The van der Waals surface area contributed by atoms with E-state index in [4.69, 9.17) is 0 Å². The van der Waals surface area contributed by atoms with Gasteiger partial charge in [-0.3, -0.25) is 0 Å². The van der Waals surface area contributed by atoms with Crippen molar-refractivity contribution in [2.45, 2.75) is 46.5 Å². The average Bonchev–Trinajstić information content (AvgIpc) is 2.31. The van der Waals surface area contributed by atoms with Gasteiger partial charge in [-0.2, -0.15) is 0 Å². The van der Waals surface area contributed by atoms with Gasteiger partial charge in [-0.1, -0.05) is 18.1 Å². The summed E-state index contributed by atoms with van der Waals surface area (Å²) in [5.41, 5.74) is 4.39. The Hall–Kier alpha value is -0.260. The Balaban J connectivity index is 1.86. The highest BCUT2D eigenvalue weighted by Gasteiger charge is 2.73. The number of hydrogen-bond acceptors (Lipinski definition) is 0. The zero-order valence-corrected chi connectivity index (χ0v) is 10.2. The molecule has 0 N–H and O–H groups in total. The fourth-order valence-corrected chi connectivity index (χ4v) is 6.12. The number of allylic oxidation sites excluding steroid dienone is 2. The van der Waals surface area contributed by atoms with E-state index in [1.807, 2.05) is 0 Å². The highest BCUT2D eigenvalue weighted by Crippen LogP contribution is 2.80. The first kappa shape index (κ1) is 8.84.